The van der Waals surface area contributed by atoms with E-state index in [0.717, 1.165) is 24.3 Å². The predicted molar refractivity (Wildman–Crippen MR) is 114 cm³/mol. The molecule has 0 atom stereocenters. The average Bonchev–Trinajstić information content (AvgIpc) is 2.70. The first kappa shape index (κ1) is 24.5. The largest absolute Gasteiger partial charge is 0.322 e. The second kappa shape index (κ2) is 8.67. The van der Waals surface area contributed by atoms with Gasteiger partial charge in [0, 0.05) is 30.2 Å². The minimum absolute atomic E-state index is 0.0169. The molecule has 2 aromatic rings. The SMILES string of the molecule is CC(C)(C1CCC(F)(F)CC1)S(=O)(=O)c1cc(C(=O)Nc2ccc(F)c(F)c2)ccc1Cl. The molecule has 0 aromatic heterocycles. The first-order chi connectivity index (χ1) is 14.7. The Kier molecular flexibility index (Phi) is 6.64. The molecule has 1 saturated carbocycles. The highest BCUT2D eigenvalue weighted by atomic mass is 35.5. The maximum Gasteiger partial charge on any atom is 0.255 e. The molecule has 0 saturated heterocycles. The molecule has 1 aliphatic carbocycles. The number of benzene rings is 2. The normalized spacial score (nSPS) is 17.2. The van der Waals surface area contributed by atoms with Gasteiger partial charge >= 0.3 is 0 Å². The molecular formula is C22H22ClF4NO3S. The number of hydrogen-bond acceptors (Lipinski definition) is 3. The van der Waals surface area contributed by atoms with Crippen molar-refractivity contribution in [3.63, 3.8) is 0 Å². The number of carbonyl (C=O) groups is 1. The molecule has 0 spiro atoms. The number of sulfone groups is 1. The van der Waals surface area contributed by atoms with Crippen molar-refractivity contribution in [2.24, 2.45) is 5.92 Å². The van der Waals surface area contributed by atoms with E-state index in [4.69, 9.17) is 11.6 Å². The topological polar surface area (TPSA) is 63.2 Å². The third-order valence-corrected chi connectivity index (χ3v) is 9.13. The Balaban J connectivity index is 1.89. The summed E-state index contributed by atoms with van der Waals surface area (Å²) in [4.78, 5) is 12.3. The van der Waals surface area contributed by atoms with Crippen LogP contribution in [0.25, 0.3) is 0 Å². The quantitative estimate of drug-likeness (QED) is 0.503. The first-order valence-electron chi connectivity index (χ1n) is 9.93. The number of anilines is 1. The summed E-state index contributed by atoms with van der Waals surface area (Å²) in [6.07, 6.45) is -0.678. The zero-order valence-electron chi connectivity index (χ0n) is 17.4. The fraction of sp³-hybridized carbons (Fsp3) is 0.409. The summed E-state index contributed by atoms with van der Waals surface area (Å²) in [5, 5.41) is 2.26. The van der Waals surface area contributed by atoms with Gasteiger partial charge in [-0.3, -0.25) is 4.79 Å². The smallest absolute Gasteiger partial charge is 0.255 e. The van der Waals surface area contributed by atoms with Crippen molar-refractivity contribution in [3.8, 4) is 0 Å². The molecule has 0 aliphatic heterocycles. The first-order valence-corrected chi connectivity index (χ1v) is 11.8. The van der Waals surface area contributed by atoms with E-state index in [0.29, 0.717) is 0 Å². The molecule has 3 rings (SSSR count). The summed E-state index contributed by atoms with van der Waals surface area (Å²) in [5.74, 6) is -6.29. The Morgan fingerprint density at radius 2 is 1.69 bits per heavy atom. The number of hydrogen-bond donors (Lipinski definition) is 1. The fourth-order valence-corrected chi connectivity index (χ4v) is 6.14. The van der Waals surface area contributed by atoms with Crippen molar-refractivity contribution < 1.29 is 30.8 Å². The lowest BCUT2D eigenvalue weighted by Crippen LogP contribution is -2.43. The van der Waals surface area contributed by atoms with Gasteiger partial charge in [0.05, 0.1) is 14.7 Å². The lowest BCUT2D eigenvalue weighted by molar-refractivity contribution is -0.0489. The molecule has 0 radical (unpaired) electrons. The Morgan fingerprint density at radius 1 is 1.06 bits per heavy atom. The zero-order chi connectivity index (χ0) is 23.9. The molecule has 4 nitrogen and oxygen atoms in total. The molecule has 0 bridgehead atoms. The van der Waals surface area contributed by atoms with E-state index in [-0.39, 0.29) is 46.9 Å². The number of halogens is 5. The highest BCUT2D eigenvalue weighted by molar-refractivity contribution is 7.93. The van der Waals surface area contributed by atoms with E-state index in [9.17, 15) is 30.8 Å². The van der Waals surface area contributed by atoms with Gasteiger partial charge in [0.15, 0.2) is 21.5 Å². The van der Waals surface area contributed by atoms with Crippen molar-refractivity contribution in [3.05, 3.63) is 58.6 Å². The van der Waals surface area contributed by atoms with Gasteiger partial charge in [-0.05, 0) is 62.9 Å². The highest BCUT2D eigenvalue weighted by Gasteiger charge is 2.47. The lowest BCUT2D eigenvalue weighted by atomic mass is 9.79. The van der Waals surface area contributed by atoms with Gasteiger partial charge in [0.25, 0.3) is 5.91 Å². The molecule has 32 heavy (non-hydrogen) atoms. The Bertz CT molecular complexity index is 1140. The van der Waals surface area contributed by atoms with Gasteiger partial charge in [0.1, 0.15) is 0 Å². The monoisotopic (exact) mass is 491 g/mol. The van der Waals surface area contributed by atoms with Crippen LogP contribution in [-0.2, 0) is 9.84 Å². The Hall–Kier alpha value is -2.13. The van der Waals surface area contributed by atoms with Crippen LogP contribution < -0.4 is 5.32 Å². The van der Waals surface area contributed by atoms with Crippen LogP contribution in [0, 0.1) is 17.6 Å². The third kappa shape index (κ3) is 4.78. The molecule has 0 heterocycles. The minimum Gasteiger partial charge on any atom is -0.322 e. The van der Waals surface area contributed by atoms with Crippen LogP contribution in [0.4, 0.5) is 23.2 Å². The summed E-state index contributed by atoms with van der Waals surface area (Å²) in [6, 6.07) is 6.45. The van der Waals surface area contributed by atoms with Crippen LogP contribution in [0.2, 0.25) is 5.02 Å². The van der Waals surface area contributed by atoms with Gasteiger partial charge in [-0.2, -0.15) is 0 Å². The third-order valence-electron chi connectivity index (χ3n) is 6.05. The van der Waals surface area contributed by atoms with Crippen LogP contribution >= 0.6 is 11.6 Å². The highest BCUT2D eigenvalue weighted by Crippen LogP contribution is 2.45. The molecule has 1 amide bonds. The van der Waals surface area contributed by atoms with Gasteiger partial charge in [-0.1, -0.05) is 11.6 Å². The molecular weight excluding hydrogens is 470 g/mol. The predicted octanol–water partition coefficient (Wildman–Crippen LogP) is 6.25. The van der Waals surface area contributed by atoms with Crippen molar-refractivity contribution in [2.75, 3.05) is 5.32 Å². The fourth-order valence-electron chi connectivity index (χ4n) is 3.87. The molecule has 1 fully saturated rings. The maximum atomic E-state index is 13.6. The zero-order valence-corrected chi connectivity index (χ0v) is 19.0. The van der Waals surface area contributed by atoms with E-state index in [1.807, 2.05) is 0 Å². The van der Waals surface area contributed by atoms with Crippen molar-refractivity contribution in [2.45, 2.75) is 55.1 Å². The number of amides is 1. The lowest BCUT2D eigenvalue weighted by Gasteiger charge is -2.38. The Labute approximate surface area is 188 Å². The maximum absolute atomic E-state index is 13.6. The standard InChI is InChI=1S/C22H22ClF4NO3S/c1-21(2,14-7-9-22(26,27)10-8-14)32(30,31)19-11-13(3-5-16(19)23)20(29)28-15-4-6-17(24)18(25)12-15/h3-6,11-12,14H,7-10H2,1-2H3,(H,28,29). The number of nitrogens with one attached hydrogen (secondary N) is 1. The molecule has 1 aliphatic rings. The van der Waals surface area contributed by atoms with Gasteiger partial charge < -0.3 is 5.32 Å². The van der Waals surface area contributed by atoms with E-state index in [1.54, 1.807) is 0 Å². The number of rotatable bonds is 5. The average molecular weight is 492 g/mol. The molecule has 10 heteroatoms. The van der Waals surface area contributed by atoms with Crippen LogP contribution in [-0.4, -0.2) is 25.0 Å². The van der Waals surface area contributed by atoms with Crippen molar-refractivity contribution in [1.82, 2.24) is 0 Å². The second-order valence-electron chi connectivity index (χ2n) is 8.47. The number of alkyl halides is 2. The van der Waals surface area contributed by atoms with E-state index >= 15 is 0 Å². The van der Waals surface area contributed by atoms with Gasteiger partial charge in [-0.15, -0.1) is 0 Å². The van der Waals surface area contributed by atoms with Gasteiger partial charge in [-0.25, -0.2) is 26.0 Å². The Morgan fingerprint density at radius 3 is 2.28 bits per heavy atom. The van der Waals surface area contributed by atoms with Crippen molar-refractivity contribution in [1.29, 1.82) is 0 Å². The summed E-state index contributed by atoms with van der Waals surface area (Å²) in [5.41, 5.74) is -0.0830. The van der Waals surface area contributed by atoms with Gasteiger partial charge in [0.2, 0.25) is 5.92 Å². The van der Waals surface area contributed by atoms with Crippen LogP contribution in [0.3, 0.4) is 0 Å². The summed E-state index contributed by atoms with van der Waals surface area (Å²) >= 11 is 6.15. The summed E-state index contributed by atoms with van der Waals surface area (Å²) in [6.45, 7) is 2.95. The number of carbonyl (C=O) groups excluding carboxylic acids is 1. The molecule has 1 N–H and O–H groups in total. The molecule has 174 valence electrons. The van der Waals surface area contributed by atoms with Crippen LogP contribution in [0.5, 0.6) is 0 Å². The van der Waals surface area contributed by atoms with E-state index in [1.165, 1.54) is 26.0 Å². The van der Waals surface area contributed by atoms with E-state index < -0.39 is 44.0 Å². The van der Waals surface area contributed by atoms with Crippen LogP contribution in [0.15, 0.2) is 41.3 Å². The van der Waals surface area contributed by atoms with E-state index in [2.05, 4.69) is 5.32 Å². The molecule has 0 unspecified atom stereocenters. The second-order valence-corrected chi connectivity index (χ2v) is 11.4. The summed E-state index contributed by atoms with van der Waals surface area (Å²) < 4.78 is 79.1. The summed E-state index contributed by atoms with van der Waals surface area (Å²) in [7, 11) is -4.11. The van der Waals surface area contributed by atoms with Crippen molar-refractivity contribution >= 4 is 33.0 Å². The minimum atomic E-state index is -4.11. The molecule has 2 aromatic carbocycles. The van der Waals surface area contributed by atoms with Crippen LogP contribution in [0.1, 0.15) is 49.9 Å².